The summed E-state index contributed by atoms with van der Waals surface area (Å²) in [5.41, 5.74) is 0.719. The van der Waals surface area contributed by atoms with Crippen LogP contribution in [0.4, 0.5) is 6.01 Å². The Morgan fingerprint density at radius 1 is 1.24 bits per heavy atom. The molecule has 2 heterocycles. The van der Waals surface area contributed by atoms with Crippen LogP contribution in [0.25, 0.3) is 11.7 Å². The highest BCUT2D eigenvalue weighted by Gasteiger charge is 2.14. The minimum Gasteiger partial charge on any atom is -0.459 e. The Kier molecular flexibility index (Phi) is 3.19. The molecule has 0 radical (unpaired) electrons. The van der Waals surface area contributed by atoms with Crippen molar-refractivity contribution in [2.24, 2.45) is 0 Å². The smallest absolute Gasteiger partial charge is 0.322 e. The third-order valence-corrected chi connectivity index (χ3v) is 2.63. The number of rotatable bonds is 3. The van der Waals surface area contributed by atoms with Gasteiger partial charge in [-0.05, 0) is 30.3 Å². The molecule has 0 fully saturated rings. The van der Waals surface area contributed by atoms with Crippen molar-refractivity contribution in [2.45, 2.75) is 0 Å². The van der Waals surface area contributed by atoms with E-state index in [0.717, 1.165) is 0 Å². The molecule has 7 nitrogen and oxygen atoms in total. The Labute approximate surface area is 118 Å². The number of furan rings is 1. The van der Waals surface area contributed by atoms with Crippen LogP contribution in [0.15, 0.2) is 51.5 Å². The molecule has 0 unspecified atom stereocenters. The van der Waals surface area contributed by atoms with E-state index < -0.39 is 5.91 Å². The molecule has 3 aromatic rings. The fourth-order valence-electron chi connectivity index (χ4n) is 1.67. The van der Waals surface area contributed by atoms with E-state index in [0.29, 0.717) is 16.9 Å². The van der Waals surface area contributed by atoms with Crippen LogP contribution in [0.5, 0.6) is 0 Å². The zero-order valence-corrected chi connectivity index (χ0v) is 10.6. The number of nitrogens with zero attached hydrogens (tertiary/aromatic N) is 3. The van der Waals surface area contributed by atoms with Gasteiger partial charge in [-0.25, -0.2) is 0 Å². The molecule has 0 aliphatic carbocycles. The minimum atomic E-state index is -0.443. The maximum absolute atomic E-state index is 12.0. The molecule has 0 bridgehead atoms. The van der Waals surface area contributed by atoms with Crippen molar-refractivity contribution < 1.29 is 13.6 Å². The molecule has 2 aromatic heterocycles. The van der Waals surface area contributed by atoms with E-state index in [2.05, 4.69) is 15.5 Å². The average molecular weight is 280 g/mol. The van der Waals surface area contributed by atoms with Gasteiger partial charge >= 0.3 is 6.01 Å². The highest BCUT2D eigenvalue weighted by molar-refractivity contribution is 6.03. The lowest BCUT2D eigenvalue weighted by atomic mass is 10.1. The number of benzene rings is 1. The van der Waals surface area contributed by atoms with Crippen molar-refractivity contribution in [3.63, 3.8) is 0 Å². The fraction of sp³-hybridized carbons (Fsp3) is 0. The third kappa shape index (κ3) is 2.64. The number of carbonyl (C=O) groups excluding carboxylic acids is 1. The lowest BCUT2D eigenvalue weighted by Crippen LogP contribution is -2.12. The summed E-state index contributed by atoms with van der Waals surface area (Å²) in [6.45, 7) is 0. The number of carbonyl (C=O) groups is 1. The maximum atomic E-state index is 12.0. The van der Waals surface area contributed by atoms with Gasteiger partial charge in [-0.1, -0.05) is 11.2 Å². The SMILES string of the molecule is N#Cc1cccc(C(=O)Nc2nnc(-c3ccco3)o2)c1. The van der Waals surface area contributed by atoms with Crippen LogP contribution in [0.3, 0.4) is 0 Å². The van der Waals surface area contributed by atoms with Gasteiger partial charge in [0.05, 0.1) is 17.9 Å². The summed E-state index contributed by atoms with van der Waals surface area (Å²) in [6.07, 6.45) is 1.48. The highest BCUT2D eigenvalue weighted by atomic mass is 16.4. The second kappa shape index (κ2) is 5.30. The molecule has 0 spiro atoms. The van der Waals surface area contributed by atoms with Crippen LogP contribution < -0.4 is 5.32 Å². The number of aromatic nitrogens is 2. The second-order valence-electron chi connectivity index (χ2n) is 4.04. The summed E-state index contributed by atoms with van der Waals surface area (Å²) in [7, 11) is 0. The predicted molar refractivity (Wildman–Crippen MR) is 71.1 cm³/mol. The quantitative estimate of drug-likeness (QED) is 0.790. The van der Waals surface area contributed by atoms with Crippen LogP contribution in [-0.4, -0.2) is 16.1 Å². The van der Waals surface area contributed by atoms with E-state index in [1.807, 2.05) is 6.07 Å². The molecule has 1 N–H and O–H groups in total. The first-order chi connectivity index (χ1) is 10.3. The first-order valence-corrected chi connectivity index (χ1v) is 5.95. The summed E-state index contributed by atoms with van der Waals surface area (Å²) in [5.74, 6) is 0.136. The lowest BCUT2D eigenvalue weighted by molar-refractivity contribution is 0.102. The minimum absolute atomic E-state index is 0.0474. The molecule has 102 valence electrons. The molecule has 1 aromatic carbocycles. The lowest BCUT2D eigenvalue weighted by Gasteiger charge is -2.00. The summed E-state index contributed by atoms with van der Waals surface area (Å²) in [4.78, 5) is 12.0. The predicted octanol–water partition coefficient (Wildman–Crippen LogP) is 2.45. The van der Waals surface area contributed by atoms with E-state index in [9.17, 15) is 4.79 Å². The molecule has 7 heteroatoms. The Hall–Kier alpha value is -3.40. The molecule has 0 aliphatic heterocycles. The van der Waals surface area contributed by atoms with Crippen molar-refractivity contribution in [3.05, 3.63) is 53.8 Å². The van der Waals surface area contributed by atoms with Crippen LogP contribution in [-0.2, 0) is 0 Å². The molecule has 3 rings (SSSR count). The van der Waals surface area contributed by atoms with Crippen LogP contribution in [0.2, 0.25) is 0 Å². The zero-order chi connectivity index (χ0) is 14.7. The Balaban J connectivity index is 1.77. The van der Waals surface area contributed by atoms with Gasteiger partial charge in [0.1, 0.15) is 0 Å². The number of amides is 1. The van der Waals surface area contributed by atoms with E-state index >= 15 is 0 Å². The number of nitrogens with one attached hydrogen (secondary N) is 1. The average Bonchev–Trinajstić information content (AvgIpc) is 3.18. The number of anilines is 1. The third-order valence-electron chi connectivity index (χ3n) is 2.63. The molecular formula is C14H8N4O3. The zero-order valence-electron chi connectivity index (χ0n) is 10.6. The van der Waals surface area contributed by atoms with E-state index in [4.69, 9.17) is 14.1 Å². The van der Waals surface area contributed by atoms with Crippen molar-refractivity contribution in [1.29, 1.82) is 5.26 Å². The molecule has 0 atom stereocenters. The summed E-state index contributed by atoms with van der Waals surface area (Å²) in [6, 6.07) is 11.6. The van der Waals surface area contributed by atoms with Gasteiger partial charge in [0.25, 0.3) is 11.8 Å². The van der Waals surface area contributed by atoms with Gasteiger partial charge in [0.2, 0.25) is 0 Å². The Morgan fingerprint density at radius 2 is 2.14 bits per heavy atom. The van der Waals surface area contributed by atoms with Crippen molar-refractivity contribution in [3.8, 4) is 17.7 Å². The second-order valence-corrected chi connectivity index (χ2v) is 4.04. The summed E-state index contributed by atoms with van der Waals surface area (Å²) in [5, 5.41) is 18.7. The van der Waals surface area contributed by atoms with Crippen LogP contribution in [0, 0.1) is 11.3 Å². The van der Waals surface area contributed by atoms with Gasteiger partial charge in [0, 0.05) is 5.56 Å². The van der Waals surface area contributed by atoms with Gasteiger partial charge in [-0.15, -0.1) is 5.10 Å². The number of nitriles is 1. The van der Waals surface area contributed by atoms with Crippen molar-refractivity contribution in [2.75, 3.05) is 5.32 Å². The maximum Gasteiger partial charge on any atom is 0.322 e. The molecular weight excluding hydrogens is 272 g/mol. The Morgan fingerprint density at radius 3 is 2.90 bits per heavy atom. The van der Waals surface area contributed by atoms with Crippen LogP contribution in [0.1, 0.15) is 15.9 Å². The molecule has 1 amide bonds. The molecule has 0 saturated carbocycles. The fourth-order valence-corrected chi connectivity index (χ4v) is 1.67. The molecule has 0 aliphatic rings. The van der Waals surface area contributed by atoms with Gasteiger partial charge in [-0.2, -0.15) is 5.26 Å². The number of hydrogen-bond acceptors (Lipinski definition) is 6. The Bertz CT molecular complexity index is 815. The molecule has 0 saturated heterocycles. The van der Waals surface area contributed by atoms with Crippen molar-refractivity contribution in [1.82, 2.24) is 10.2 Å². The van der Waals surface area contributed by atoms with E-state index in [1.54, 1.807) is 30.3 Å². The summed E-state index contributed by atoms with van der Waals surface area (Å²) >= 11 is 0. The normalized spacial score (nSPS) is 10.0. The first-order valence-electron chi connectivity index (χ1n) is 5.95. The monoisotopic (exact) mass is 280 g/mol. The topological polar surface area (TPSA) is 105 Å². The number of hydrogen-bond donors (Lipinski definition) is 1. The van der Waals surface area contributed by atoms with E-state index in [-0.39, 0.29) is 11.9 Å². The standard InChI is InChI=1S/C14H8N4O3/c15-8-9-3-1-4-10(7-9)12(19)16-14-18-17-13(21-14)11-5-2-6-20-11/h1-7H,(H,16,18,19). The van der Waals surface area contributed by atoms with Gasteiger partial charge < -0.3 is 8.83 Å². The van der Waals surface area contributed by atoms with Gasteiger partial charge in [-0.3, -0.25) is 10.1 Å². The summed E-state index contributed by atoms with van der Waals surface area (Å²) < 4.78 is 10.4. The molecule has 21 heavy (non-hydrogen) atoms. The first kappa shape index (κ1) is 12.6. The van der Waals surface area contributed by atoms with E-state index in [1.165, 1.54) is 12.3 Å². The highest BCUT2D eigenvalue weighted by Crippen LogP contribution is 2.20. The van der Waals surface area contributed by atoms with Crippen LogP contribution >= 0.6 is 0 Å². The van der Waals surface area contributed by atoms with Crippen molar-refractivity contribution >= 4 is 11.9 Å². The van der Waals surface area contributed by atoms with Gasteiger partial charge in [0.15, 0.2) is 5.76 Å². The largest absolute Gasteiger partial charge is 0.459 e.